The van der Waals surface area contributed by atoms with Gasteiger partial charge in [0, 0.05) is 30.7 Å². The molecule has 0 bridgehead atoms. The number of ether oxygens (including phenoxy) is 1. The number of hydrogen-bond donors (Lipinski definition) is 2. The first-order chi connectivity index (χ1) is 18.7. The Kier molecular flexibility index (Phi) is 6.82. The van der Waals surface area contributed by atoms with Crippen molar-refractivity contribution in [2.24, 2.45) is 5.41 Å². The number of benzene rings is 1. The van der Waals surface area contributed by atoms with E-state index in [1.165, 1.54) is 10.9 Å². The molecule has 0 radical (unpaired) electrons. The Hall–Kier alpha value is -2.72. The average molecular weight is 554 g/mol. The van der Waals surface area contributed by atoms with E-state index in [0.717, 1.165) is 37.1 Å². The maximum Gasteiger partial charge on any atom is 0.262 e. The number of aromatic nitrogens is 3. The quantitative estimate of drug-likeness (QED) is 0.485. The molecule has 6 rings (SSSR count). The van der Waals surface area contributed by atoms with Gasteiger partial charge in [-0.1, -0.05) is 37.6 Å². The van der Waals surface area contributed by atoms with Crippen molar-refractivity contribution in [1.82, 2.24) is 24.3 Å². The van der Waals surface area contributed by atoms with Crippen LogP contribution in [0.2, 0.25) is 5.15 Å². The molecule has 1 aromatic carbocycles. The maximum absolute atomic E-state index is 13.4. The summed E-state index contributed by atoms with van der Waals surface area (Å²) in [5.41, 5.74) is 0.882. The predicted octanol–water partition coefficient (Wildman–Crippen LogP) is 3.43. The minimum atomic E-state index is -1.07. The van der Waals surface area contributed by atoms with Gasteiger partial charge < -0.3 is 20.1 Å². The van der Waals surface area contributed by atoms with Gasteiger partial charge >= 0.3 is 0 Å². The third-order valence-electron chi connectivity index (χ3n) is 8.80. The lowest BCUT2D eigenvalue weighted by atomic mass is 9.90. The number of carbonyl (C=O) groups excluding carboxylic acids is 1. The van der Waals surface area contributed by atoms with Crippen molar-refractivity contribution in [2.75, 3.05) is 26.2 Å². The number of fused-ring (bicyclic) bond motifs is 1. The summed E-state index contributed by atoms with van der Waals surface area (Å²) < 4.78 is 9.15. The SMILES string of the molecule is CC[C@@H]1CN[C@@H](c2ccc(-n3c(Cl)cc4c(=O)n(CC5(O)CCN(C(=O)C6(C)CC6)CC5)cnc43)cc2)CO1. The molecule has 3 aliphatic rings. The first-order valence-electron chi connectivity index (χ1n) is 13.9. The Labute approximate surface area is 232 Å². The van der Waals surface area contributed by atoms with E-state index < -0.39 is 5.60 Å². The molecular formula is C29H36ClN5O4. The Morgan fingerprint density at radius 3 is 2.54 bits per heavy atom. The molecule has 1 saturated carbocycles. The van der Waals surface area contributed by atoms with E-state index in [0.29, 0.717) is 48.7 Å². The predicted molar refractivity (Wildman–Crippen MR) is 149 cm³/mol. The lowest BCUT2D eigenvalue weighted by Crippen LogP contribution is -2.51. The zero-order valence-corrected chi connectivity index (χ0v) is 23.3. The van der Waals surface area contributed by atoms with E-state index in [2.05, 4.69) is 17.2 Å². The number of nitrogens with zero attached hydrogens (tertiary/aromatic N) is 4. The van der Waals surface area contributed by atoms with Gasteiger partial charge in [-0.05, 0) is 55.9 Å². The van der Waals surface area contributed by atoms with E-state index in [1.54, 1.807) is 10.6 Å². The molecule has 3 aromatic rings. The minimum absolute atomic E-state index is 0.126. The van der Waals surface area contributed by atoms with Gasteiger partial charge in [0.05, 0.1) is 36.3 Å². The lowest BCUT2D eigenvalue weighted by molar-refractivity contribution is -0.141. The Morgan fingerprint density at radius 2 is 1.92 bits per heavy atom. The number of likely N-dealkylation sites (tertiary alicyclic amines) is 1. The fourth-order valence-corrected chi connectivity index (χ4v) is 6.07. The Bertz CT molecular complexity index is 1430. The molecule has 2 aromatic heterocycles. The summed E-state index contributed by atoms with van der Waals surface area (Å²) in [7, 11) is 0. The summed E-state index contributed by atoms with van der Waals surface area (Å²) in [6.45, 7) is 6.71. The number of halogens is 1. The van der Waals surface area contributed by atoms with Crippen LogP contribution in [0.15, 0.2) is 41.5 Å². The van der Waals surface area contributed by atoms with E-state index in [-0.39, 0.29) is 35.6 Å². The van der Waals surface area contributed by atoms with Gasteiger partial charge in [-0.3, -0.25) is 18.7 Å². The van der Waals surface area contributed by atoms with E-state index in [9.17, 15) is 14.7 Å². The van der Waals surface area contributed by atoms with Gasteiger partial charge in [-0.2, -0.15) is 0 Å². The summed E-state index contributed by atoms with van der Waals surface area (Å²) in [4.78, 5) is 32.5. The number of aliphatic hydroxyl groups is 1. The number of carbonyl (C=O) groups is 1. The third-order valence-corrected chi connectivity index (χ3v) is 9.08. The summed E-state index contributed by atoms with van der Waals surface area (Å²) in [5, 5.41) is 15.6. The molecule has 3 fully saturated rings. The highest BCUT2D eigenvalue weighted by Crippen LogP contribution is 2.47. The van der Waals surface area contributed by atoms with Gasteiger partial charge in [0.2, 0.25) is 5.91 Å². The molecule has 0 unspecified atom stereocenters. The topological polar surface area (TPSA) is 102 Å². The van der Waals surface area contributed by atoms with Crippen LogP contribution in [-0.2, 0) is 16.1 Å². The highest BCUT2D eigenvalue weighted by Gasteiger charge is 2.48. The molecule has 2 saturated heterocycles. The summed E-state index contributed by atoms with van der Waals surface area (Å²) >= 11 is 6.61. The van der Waals surface area contributed by atoms with Crippen molar-refractivity contribution in [3.8, 4) is 5.69 Å². The average Bonchev–Trinajstić information content (AvgIpc) is 3.61. The van der Waals surface area contributed by atoms with Crippen molar-refractivity contribution in [1.29, 1.82) is 0 Å². The van der Waals surface area contributed by atoms with Gasteiger partial charge in [-0.15, -0.1) is 0 Å². The van der Waals surface area contributed by atoms with Gasteiger partial charge in [-0.25, -0.2) is 4.98 Å². The highest BCUT2D eigenvalue weighted by molar-refractivity contribution is 6.31. The minimum Gasteiger partial charge on any atom is -0.388 e. The van der Waals surface area contributed by atoms with E-state index in [1.807, 2.05) is 36.1 Å². The van der Waals surface area contributed by atoms with Crippen molar-refractivity contribution in [2.45, 2.75) is 70.2 Å². The van der Waals surface area contributed by atoms with Crippen molar-refractivity contribution < 1.29 is 14.6 Å². The summed E-state index contributed by atoms with van der Waals surface area (Å²) in [5.74, 6) is 0.183. The van der Waals surface area contributed by atoms with Gasteiger partial charge in [0.25, 0.3) is 5.56 Å². The summed E-state index contributed by atoms with van der Waals surface area (Å²) in [6.07, 6.45) is 5.46. The third kappa shape index (κ3) is 5.01. The zero-order valence-electron chi connectivity index (χ0n) is 22.5. The maximum atomic E-state index is 13.4. The van der Waals surface area contributed by atoms with Crippen molar-refractivity contribution in [3.63, 3.8) is 0 Å². The molecule has 0 spiro atoms. The molecule has 39 heavy (non-hydrogen) atoms. The zero-order chi connectivity index (χ0) is 27.4. The number of morpholine rings is 1. The number of piperidine rings is 1. The van der Waals surface area contributed by atoms with Gasteiger partial charge in [0.15, 0.2) is 5.65 Å². The number of rotatable bonds is 6. The van der Waals surface area contributed by atoms with Gasteiger partial charge in [0.1, 0.15) is 11.5 Å². The van der Waals surface area contributed by atoms with E-state index in [4.69, 9.17) is 16.3 Å². The first kappa shape index (κ1) is 26.5. The van der Waals surface area contributed by atoms with Crippen LogP contribution in [0.25, 0.3) is 16.7 Å². The number of amides is 1. The summed E-state index contributed by atoms with van der Waals surface area (Å²) in [6, 6.07) is 9.81. The lowest BCUT2D eigenvalue weighted by Gasteiger charge is -2.39. The normalized spacial score (nSPS) is 24.2. The van der Waals surface area contributed by atoms with Crippen LogP contribution in [0.5, 0.6) is 0 Å². The second kappa shape index (κ2) is 10.0. The first-order valence-corrected chi connectivity index (χ1v) is 14.3. The van der Waals surface area contributed by atoms with Crippen LogP contribution >= 0.6 is 11.6 Å². The molecule has 2 N–H and O–H groups in total. The van der Waals surface area contributed by atoms with Crippen LogP contribution in [0, 0.1) is 5.41 Å². The molecule has 208 valence electrons. The van der Waals surface area contributed by atoms with Crippen LogP contribution in [0.4, 0.5) is 0 Å². The molecule has 1 aliphatic carbocycles. The smallest absolute Gasteiger partial charge is 0.262 e. The van der Waals surface area contributed by atoms with Crippen LogP contribution in [0.1, 0.15) is 57.6 Å². The highest BCUT2D eigenvalue weighted by atomic mass is 35.5. The molecule has 4 heterocycles. The molecule has 2 atom stereocenters. The molecule has 10 heteroatoms. The standard InChI is InChI=1S/C29H36ClN5O4/c1-3-21-15-31-23(16-39-21)19-4-6-20(7-5-19)35-24(30)14-22-25(35)32-18-34(26(22)36)17-29(38)10-12-33(13-11-29)27(37)28(2)8-9-28/h4-7,14,18,21,23,31,38H,3,8-13,15-17H2,1-2H3/t21-,23-/m1/s1. The number of nitrogens with one attached hydrogen (secondary N) is 1. The van der Waals surface area contributed by atoms with Crippen molar-refractivity contribution in [3.05, 3.63) is 57.7 Å². The fourth-order valence-electron chi connectivity index (χ4n) is 5.78. The second-order valence-electron chi connectivity index (χ2n) is 11.7. The van der Waals surface area contributed by atoms with Crippen LogP contribution < -0.4 is 10.9 Å². The van der Waals surface area contributed by atoms with Crippen molar-refractivity contribution >= 4 is 28.5 Å². The number of hydrogen-bond acceptors (Lipinski definition) is 6. The fraction of sp³-hybridized carbons (Fsp3) is 0.552. The Morgan fingerprint density at radius 1 is 1.21 bits per heavy atom. The Balaban J connectivity index is 1.18. The largest absolute Gasteiger partial charge is 0.388 e. The second-order valence-corrected chi connectivity index (χ2v) is 12.1. The monoisotopic (exact) mass is 553 g/mol. The molecular weight excluding hydrogens is 518 g/mol. The molecule has 9 nitrogen and oxygen atoms in total. The molecule has 2 aliphatic heterocycles. The van der Waals surface area contributed by atoms with E-state index >= 15 is 0 Å². The van der Waals surface area contributed by atoms with Crippen LogP contribution in [-0.4, -0.2) is 68.0 Å². The molecule has 1 amide bonds. The van der Waals surface area contributed by atoms with Crippen LogP contribution in [0.3, 0.4) is 0 Å².